The van der Waals surface area contributed by atoms with Crippen LogP contribution in [0.25, 0.3) is 0 Å². The number of carbonyl (C=O) groups is 2. The SMILES string of the molecule is Cc1cc(O)ccc1NC(=O)C[C@H](NCCC1=CCCCC1)C(=O)O. The minimum absolute atomic E-state index is 0.123. The monoisotopic (exact) mass is 346 g/mol. The van der Waals surface area contributed by atoms with Gasteiger partial charge in [0.1, 0.15) is 11.8 Å². The number of nitrogens with one attached hydrogen (secondary N) is 2. The summed E-state index contributed by atoms with van der Waals surface area (Å²) in [7, 11) is 0. The van der Waals surface area contributed by atoms with E-state index in [1.54, 1.807) is 19.1 Å². The second-order valence-electron chi connectivity index (χ2n) is 6.45. The molecule has 0 bridgehead atoms. The molecule has 0 aromatic heterocycles. The molecular formula is C19H26N2O4. The van der Waals surface area contributed by atoms with E-state index in [1.807, 2.05) is 0 Å². The Balaban J connectivity index is 1.84. The van der Waals surface area contributed by atoms with Gasteiger partial charge in [-0.3, -0.25) is 9.59 Å². The highest BCUT2D eigenvalue weighted by Gasteiger charge is 2.21. The Morgan fingerprint density at radius 2 is 2.08 bits per heavy atom. The number of carboxylic acid groups (broad SMARTS) is 1. The van der Waals surface area contributed by atoms with Crippen molar-refractivity contribution >= 4 is 17.6 Å². The molecule has 1 aliphatic rings. The van der Waals surface area contributed by atoms with Crippen LogP contribution in [-0.2, 0) is 9.59 Å². The number of rotatable bonds is 8. The summed E-state index contributed by atoms with van der Waals surface area (Å²) in [5.41, 5.74) is 2.66. The molecule has 0 fully saturated rings. The van der Waals surface area contributed by atoms with Crippen molar-refractivity contribution in [3.63, 3.8) is 0 Å². The first kappa shape index (κ1) is 19.0. The lowest BCUT2D eigenvalue weighted by Gasteiger charge is -2.17. The maximum Gasteiger partial charge on any atom is 0.321 e. The number of aromatic hydroxyl groups is 1. The third-order valence-electron chi connectivity index (χ3n) is 4.39. The molecule has 1 aromatic rings. The molecule has 6 nitrogen and oxygen atoms in total. The Morgan fingerprint density at radius 1 is 1.28 bits per heavy atom. The predicted molar refractivity (Wildman–Crippen MR) is 96.7 cm³/mol. The van der Waals surface area contributed by atoms with Gasteiger partial charge in [-0.2, -0.15) is 0 Å². The highest BCUT2D eigenvalue weighted by molar-refractivity contribution is 5.94. The van der Waals surface area contributed by atoms with Gasteiger partial charge in [-0.25, -0.2) is 0 Å². The highest BCUT2D eigenvalue weighted by atomic mass is 16.4. The summed E-state index contributed by atoms with van der Waals surface area (Å²) in [4.78, 5) is 23.5. The van der Waals surface area contributed by atoms with Gasteiger partial charge < -0.3 is 20.8 Å². The second kappa shape index (κ2) is 9.22. The van der Waals surface area contributed by atoms with Gasteiger partial charge >= 0.3 is 5.97 Å². The van der Waals surface area contributed by atoms with Crippen molar-refractivity contribution < 1.29 is 19.8 Å². The third-order valence-corrected chi connectivity index (χ3v) is 4.39. The van der Waals surface area contributed by atoms with Gasteiger partial charge in [0.15, 0.2) is 0 Å². The molecule has 1 amide bonds. The zero-order valence-corrected chi connectivity index (χ0v) is 14.5. The molecule has 6 heteroatoms. The summed E-state index contributed by atoms with van der Waals surface area (Å²) in [5.74, 6) is -1.28. The molecule has 4 N–H and O–H groups in total. The number of hydrogen-bond donors (Lipinski definition) is 4. The van der Waals surface area contributed by atoms with Crippen molar-refractivity contribution in [2.24, 2.45) is 0 Å². The lowest BCUT2D eigenvalue weighted by atomic mass is 9.97. The van der Waals surface area contributed by atoms with E-state index in [0.29, 0.717) is 12.2 Å². The van der Waals surface area contributed by atoms with Gasteiger partial charge in [0.05, 0.1) is 6.42 Å². The van der Waals surface area contributed by atoms with Crippen LogP contribution in [0.2, 0.25) is 0 Å². The molecule has 0 saturated heterocycles. The standard InChI is InChI=1S/C19H26N2O4/c1-13-11-15(22)7-8-16(13)21-18(23)12-17(19(24)25)20-10-9-14-5-3-2-4-6-14/h5,7-8,11,17,20,22H,2-4,6,9-10,12H2,1H3,(H,21,23)(H,24,25)/t17-/m0/s1. The second-order valence-corrected chi connectivity index (χ2v) is 6.45. The van der Waals surface area contributed by atoms with Crippen LogP contribution in [0.1, 0.15) is 44.1 Å². The number of benzene rings is 1. The molecule has 25 heavy (non-hydrogen) atoms. The molecule has 0 unspecified atom stereocenters. The van der Waals surface area contributed by atoms with Crippen LogP contribution in [0.4, 0.5) is 5.69 Å². The largest absolute Gasteiger partial charge is 0.508 e. The molecule has 0 aliphatic heterocycles. The average Bonchev–Trinajstić information content (AvgIpc) is 2.57. The number of amides is 1. The molecule has 0 spiro atoms. The Morgan fingerprint density at radius 3 is 2.72 bits per heavy atom. The number of carboxylic acids is 1. The molecule has 0 radical (unpaired) electrons. The predicted octanol–water partition coefficient (Wildman–Crippen LogP) is 2.96. The molecule has 136 valence electrons. The quantitative estimate of drug-likeness (QED) is 0.428. The van der Waals surface area contributed by atoms with Crippen LogP contribution in [0.15, 0.2) is 29.8 Å². The summed E-state index contributed by atoms with van der Waals surface area (Å²) in [6.07, 6.45) is 7.53. The summed E-state index contributed by atoms with van der Waals surface area (Å²) in [6.45, 7) is 2.31. The summed E-state index contributed by atoms with van der Waals surface area (Å²) in [5, 5.41) is 24.4. The molecule has 2 rings (SSSR count). The molecular weight excluding hydrogens is 320 g/mol. The number of carbonyl (C=O) groups excluding carboxylic acids is 1. The lowest BCUT2D eigenvalue weighted by Crippen LogP contribution is -2.40. The summed E-state index contributed by atoms with van der Waals surface area (Å²) >= 11 is 0. The van der Waals surface area contributed by atoms with Gasteiger partial charge in [-0.1, -0.05) is 11.6 Å². The fraction of sp³-hybridized carbons (Fsp3) is 0.474. The number of allylic oxidation sites excluding steroid dienone is 1. The third kappa shape index (κ3) is 6.23. The van der Waals surface area contributed by atoms with Crippen LogP contribution >= 0.6 is 0 Å². The Kier molecular flexibility index (Phi) is 7.01. The lowest BCUT2D eigenvalue weighted by molar-refractivity contribution is -0.141. The normalized spacial score (nSPS) is 15.3. The Labute approximate surface area is 147 Å². The first-order valence-electron chi connectivity index (χ1n) is 8.69. The minimum Gasteiger partial charge on any atom is -0.508 e. The zero-order chi connectivity index (χ0) is 18.2. The summed E-state index contributed by atoms with van der Waals surface area (Å²) in [6, 6.07) is 3.71. The van der Waals surface area contributed by atoms with Gasteiger partial charge in [0.25, 0.3) is 0 Å². The fourth-order valence-corrected chi connectivity index (χ4v) is 2.96. The number of phenolic OH excluding ortho intramolecular Hbond substituents is 1. The van der Waals surface area contributed by atoms with E-state index in [1.165, 1.54) is 24.5 Å². The van der Waals surface area contributed by atoms with E-state index in [4.69, 9.17) is 0 Å². The number of aliphatic carboxylic acids is 1. The van der Waals surface area contributed by atoms with Gasteiger partial charge in [0.2, 0.25) is 5.91 Å². The van der Waals surface area contributed by atoms with Crippen LogP contribution in [0.3, 0.4) is 0 Å². The van der Waals surface area contributed by atoms with E-state index < -0.39 is 12.0 Å². The van der Waals surface area contributed by atoms with Crippen molar-refractivity contribution in [2.45, 2.75) is 51.5 Å². The summed E-state index contributed by atoms with van der Waals surface area (Å²) < 4.78 is 0. The Bertz CT molecular complexity index is 655. The van der Waals surface area contributed by atoms with Crippen molar-refractivity contribution in [1.29, 1.82) is 0 Å². The van der Waals surface area contributed by atoms with E-state index in [2.05, 4.69) is 16.7 Å². The van der Waals surface area contributed by atoms with Crippen molar-refractivity contribution in [1.82, 2.24) is 5.32 Å². The first-order chi connectivity index (χ1) is 12.0. The van der Waals surface area contributed by atoms with Crippen molar-refractivity contribution in [3.05, 3.63) is 35.4 Å². The number of anilines is 1. The highest BCUT2D eigenvalue weighted by Crippen LogP contribution is 2.21. The van der Waals surface area contributed by atoms with Gasteiger partial charge in [-0.05, 0) is 69.3 Å². The van der Waals surface area contributed by atoms with Crippen LogP contribution in [0.5, 0.6) is 5.75 Å². The van der Waals surface area contributed by atoms with Gasteiger partial charge in [-0.15, -0.1) is 0 Å². The van der Waals surface area contributed by atoms with E-state index in [9.17, 15) is 19.8 Å². The molecule has 1 atom stereocenters. The van der Waals surface area contributed by atoms with Crippen molar-refractivity contribution in [3.8, 4) is 5.75 Å². The topological polar surface area (TPSA) is 98.7 Å². The molecule has 1 aromatic carbocycles. The molecule has 0 heterocycles. The maximum atomic E-state index is 12.1. The van der Waals surface area contributed by atoms with E-state index in [-0.39, 0.29) is 18.1 Å². The van der Waals surface area contributed by atoms with E-state index >= 15 is 0 Å². The first-order valence-corrected chi connectivity index (χ1v) is 8.69. The number of hydrogen-bond acceptors (Lipinski definition) is 4. The minimum atomic E-state index is -1.03. The van der Waals surface area contributed by atoms with Crippen LogP contribution in [0, 0.1) is 6.92 Å². The smallest absolute Gasteiger partial charge is 0.321 e. The Hall–Kier alpha value is -2.34. The maximum absolute atomic E-state index is 12.1. The van der Waals surface area contributed by atoms with Crippen LogP contribution < -0.4 is 10.6 Å². The van der Waals surface area contributed by atoms with Crippen LogP contribution in [-0.4, -0.2) is 34.7 Å². The van der Waals surface area contributed by atoms with E-state index in [0.717, 1.165) is 24.8 Å². The fourth-order valence-electron chi connectivity index (χ4n) is 2.96. The van der Waals surface area contributed by atoms with Crippen molar-refractivity contribution in [2.75, 3.05) is 11.9 Å². The van der Waals surface area contributed by atoms with Gasteiger partial charge in [0, 0.05) is 5.69 Å². The molecule has 0 saturated carbocycles. The number of aryl methyl sites for hydroxylation is 1. The zero-order valence-electron chi connectivity index (χ0n) is 14.5. The average molecular weight is 346 g/mol. The molecule has 1 aliphatic carbocycles. The number of phenols is 1.